The molecule has 1 atom stereocenters. The molecule has 0 fully saturated rings. The second-order valence-electron chi connectivity index (χ2n) is 6.69. The monoisotopic (exact) mass is 471 g/mol. The van der Waals surface area contributed by atoms with Crippen LogP contribution in [0.5, 0.6) is 0 Å². The number of hydrogen-bond donors (Lipinski definition) is 1. The van der Waals surface area contributed by atoms with Crippen LogP contribution in [0.4, 0.5) is 5.69 Å². The maximum Gasteiger partial charge on any atom is 0.244 e. The fourth-order valence-corrected chi connectivity index (χ4v) is 4.03. The number of nitrogens with zero attached hydrogens (tertiary/aromatic N) is 2. The molecule has 0 spiro atoms. The maximum absolute atomic E-state index is 13.2. The number of carbonyl (C=O) groups excluding carboxylic acids is 2. The van der Waals surface area contributed by atoms with Gasteiger partial charge >= 0.3 is 0 Å². The Morgan fingerprint density at radius 1 is 1.07 bits per heavy atom. The molecule has 0 aliphatic heterocycles. The molecule has 2 rings (SSSR count). The van der Waals surface area contributed by atoms with Gasteiger partial charge in [0.15, 0.2) is 0 Å². The molecule has 0 saturated carbocycles. The highest BCUT2D eigenvalue weighted by atomic mass is 35.5. The molecule has 0 aliphatic rings. The first-order valence-electron chi connectivity index (χ1n) is 9.01. The molecule has 2 aromatic carbocycles. The van der Waals surface area contributed by atoms with E-state index in [1.165, 1.54) is 36.2 Å². The van der Waals surface area contributed by atoms with Crippen LogP contribution < -0.4 is 9.62 Å². The van der Waals surface area contributed by atoms with Crippen LogP contribution in [0.1, 0.15) is 12.5 Å². The highest BCUT2D eigenvalue weighted by Gasteiger charge is 2.29. The number of likely N-dealkylation sites (N-methyl/N-ethyl adjacent to an activating group) is 1. The van der Waals surface area contributed by atoms with Crippen LogP contribution in [0, 0.1) is 0 Å². The van der Waals surface area contributed by atoms with Gasteiger partial charge in [-0.15, -0.1) is 0 Å². The zero-order chi connectivity index (χ0) is 22.5. The van der Waals surface area contributed by atoms with Gasteiger partial charge in [-0.1, -0.05) is 35.3 Å². The van der Waals surface area contributed by atoms with Crippen molar-refractivity contribution in [2.45, 2.75) is 19.5 Å². The minimum absolute atomic E-state index is 0.0895. The number of anilines is 1. The number of amides is 2. The smallest absolute Gasteiger partial charge is 0.244 e. The van der Waals surface area contributed by atoms with Crippen LogP contribution in [0.3, 0.4) is 0 Å². The van der Waals surface area contributed by atoms with Gasteiger partial charge < -0.3 is 10.2 Å². The van der Waals surface area contributed by atoms with Crippen molar-refractivity contribution in [3.05, 3.63) is 64.1 Å². The zero-order valence-corrected chi connectivity index (χ0v) is 19.1. The fraction of sp³-hybridized carbons (Fsp3) is 0.300. The molecule has 1 N–H and O–H groups in total. The third-order valence-electron chi connectivity index (χ3n) is 4.45. The van der Waals surface area contributed by atoms with E-state index in [1.54, 1.807) is 31.2 Å². The standard InChI is InChI=1S/C20H23Cl2N3O4S/c1-14(20(27)23-2)24(12-15-5-4-6-17(22)11-15)19(26)13-25(30(3,28)29)18-9-7-16(21)8-10-18/h4-11,14H,12-13H2,1-3H3,(H,23,27). The SMILES string of the molecule is CNC(=O)C(C)N(Cc1cccc(Cl)c1)C(=O)CN(c1ccc(Cl)cc1)S(C)(=O)=O. The van der Waals surface area contributed by atoms with Gasteiger partial charge in [-0.3, -0.25) is 13.9 Å². The Labute approximate surface area is 186 Å². The summed E-state index contributed by atoms with van der Waals surface area (Å²) in [4.78, 5) is 26.7. The van der Waals surface area contributed by atoms with E-state index < -0.39 is 28.5 Å². The Morgan fingerprint density at radius 2 is 1.70 bits per heavy atom. The minimum Gasteiger partial charge on any atom is -0.357 e. The molecule has 0 saturated heterocycles. The van der Waals surface area contributed by atoms with E-state index in [2.05, 4.69) is 5.32 Å². The first-order chi connectivity index (χ1) is 14.0. The summed E-state index contributed by atoms with van der Waals surface area (Å²) in [5, 5.41) is 3.44. The van der Waals surface area contributed by atoms with Crippen LogP contribution in [0.15, 0.2) is 48.5 Å². The van der Waals surface area contributed by atoms with Gasteiger partial charge in [0, 0.05) is 23.6 Å². The molecule has 7 nitrogen and oxygen atoms in total. The van der Waals surface area contributed by atoms with E-state index in [9.17, 15) is 18.0 Å². The lowest BCUT2D eigenvalue weighted by atomic mass is 10.1. The van der Waals surface area contributed by atoms with Crippen LogP contribution in [0.25, 0.3) is 0 Å². The Balaban J connectivity index is 2.36. The number of hydrogen-bond acceptors (Lipinski definition) is 4. The van der Waals surface area contributed by atoms with Crippen molar-refractivity contribution in [1.82, 2.24) is 10.2 Å². The van der Waals surface area contributed by atoms with E-state index in [1.807, 2.05) is 0 Å². The highest BCUT2D eigenvalue weighted by Crippen LogP contribution is 2.21. The van der Waals surface area contributed by atoms with E-state index in [0.29, 0.717) is 21.3 Å². The molecule has 0 aromatic heterocycles. The van der Waals surface area contributed by atoms with Crippen molar-refractivity contribution in [2.75, 3.05) is 24.2 Å². The maximum atomic E-state index is 13.2. The van der Waals surface area contributed by atoms with Crippen molar-refractivity contribution >= 4 is 50.7 Å². The highest BCUT2D eigenvalue weighted by molar-refractivity contribution is 7.92. The first kappa shape index (κ1) is 24.0. The summed E-state index contributed by atoms with van der Waals surface area (Å²) >= 11 is 11.9. The van der Waals surface area contributed by atoms with Gasteiger partial charge in [-0.25, -0.2) is 8.42 Å². The molecular weight excluding hydrogens is 449 g/mol. The lowest BCUT2D eigenvalue weighted by Crippen LogP contribution is -2.50. The molecule has 0 aliphatic carbocycles. The average Bonchev–Trinajstić information content (AvgIpc) is 2.69. The molecule has 0 radical (unpaired) electrons. The van der Waals surface area contributed by atoms with E-state index >= 15 is 0 Å². The fourth-order valence-electron chi connectivity index (χ4n) is 2.84. The first-order valence-corrected chi connectivity index (χ1v) is 11.6. The van der Waals surface area contributed by atoms with Gasteiger partial charge in [-0.2, -0.15) is 0 Å². The van der Waals surface area contributed by atoms with Crippen molar-refractivity contribution in [1.29, 1.82) is 0 Å². The Bertz CT molecular complexity index is 1010. The summed E-state index contributed by atoms with van der Waals surface area (Å²) < 4.78 is 25.7. The van der Waals surface area contributed by atoms with Crippen molar-refractivity contribution in [3.63, 3.8) is 0 Å². The second kappa shape index (κ2) is 10.1. The van der Waals surface area contributed by atoms with Gasteiger partial charge in [0.2, 0.25) is 21.8 Å². The lowest BCUT2D eigenvalue weighted by Gasteiger charge is -2.31. The van der Waals surface area contributed by atoms with Crippen LogP contribution in [-0.4, -0.2) is 51.0 Å². The van der Waals surface area contributed by atoms with Gasteiger partial charge in [0.05, 0.1) is 11.9 Å². The summed E-state index contributed by atoms with van der Waals surface area (Å²) in [5.74, 6) is -0.908. The largest absolute Gasteiger partial charge is 0.357 e. The zero-order valence-electron chi connectivity index (χ0n) is 16.8. The number of halogens is 2. The van der Waals surface area contributed by atoms with Gasteiger partial charge in [0.25, 0.3) is 0 Å². The summed E-state index contributed by atoms with van der Waals surface area (Å²) in [6.07, 6.45) is 1.01. The third-order valence-corrected chi connectivity index (χ3v) is 6.08. The summed E-state index contributed by atoms with van der Waals surface area (Å²) in [6.45, 7) is 1.20. The Morgan fingerprint density at radius 3 is 2.23 bits per heavy atom. The number of nitrogens with one attached hydrogen (secondary N) is 1. The minimum atomic E-state index is -3.77. The van der Waals surface area contributed by atoms with Crippen molar-refractivity contribution in [2.24, 2.45) is 0 Å². The number of carbonyl (C=O) groups is 2. The van der Waals surface area contributed by atoms with E-state index in [4.69, 9.17) is 23.2 Å². The predicted molar refractivity (Wildman–Crippen MR) is 119 cm³/mol. The van der Waals surface area contributed by atoms with Gasteiger partial charge in [0.1, 0.15) is 12.6 Å². The molecule has 162 valence electrons. The van der Waals surface area contributed by atoms with E-state index in [0.717, 1.165) is 10.6 Å². The summed E-state index contributed by atoms with van der Waals surface area (Å²) in [5.41, 5.74) is 1.01. The third kappa shape index (κ3) is 6.35. The van der Waals surface area contributed by atoms with E-state index in [-0.39, 0.29) is 12.5 Å². The molecule has 2 aromatic rings. The second-order valence-corrected chi connectivity index (χ2v) is 9.47. The van der Waals surface area contributed by atoms with Crippen molar-refractivity contribution in [3.8, 4) is 0 Å². The number of benzene rings is 2. The van der Waals surface area contributed by atoms with Gasteiger partial charge in [-0.05, 0) is 48.9 Å². The summed E-state index contributed by atoms with van der Waals surface area (Å²) in [7, 11) is -2.30. The molecule has 0 bridgehead atoms. The Hall–Kier alpha value is -2.29. The Kier molecular flexibility index (Phi) is 8.11. The molecular formula is C20H23Cl2N3O4S. The molecule has 30 heavy (non-hydrogen) atoms. The molecule has 2 amide bonds. The number of sulfonamides is 1. The number of rotatable bonds is 8. The topological polar surface area (TPSA) is 86.8 Å². The molecule has 1 unspecified atom stereocenters. The lowest BCUT2D eigenvalue weighted by molar-refractivity contribution is -0.139. The summed E-state index contributed by atoms with van der Waals surface area (Å²) in [6, 6.07) is 12.2. The molecule has 10 heteroatoms. The quantitative estimate of drug-likeness (QED) is 0.640. The van der Waals surface area contributed by atoms with Crippen molar-refractivity contribution < 1.29 is 18.0 Å². The normalized spacial score (nSPS) is 12.2. The molecule has 0 heterocycles. The van der Waals surface area contributed by atoms with Crippen LogP contribution >= 0.6 is 23.2 Å². The predicted octanol–water partition coefficient (Wildman–Crippen LogP) is 2.92. The van der Waals surface area contributed by atoms with Crippen LogP contribution in [0.2, 0.25) is 10.0 Å². The van der Waals surface area contributed by atoms with Crippen LogP contribution in [-0.2, 0) is 26.2 Å². The average molecular weight is 472 g/mol.